The number of ether oxygens (including phenoxy) is 1. The second-order valence-electron chi connectivity index (χ2n) is 5.33. The van der Waals surface area contributed by atoms with Crippen LogP contribution in [0.25, 0.3) is 6.08 Å². The van der Waals surface area contributed by atoms with E-state index in [-0.39, 0.29) is 12.2 Å². The molecule has 128 valence electrons. The molecule has 1 aromatic rings. The smallest absolute Gasteiger partial charge is 0.380 e. The maximum atomic E-state index is 14.1. The molecule has 1 N–H and O–H groups in total. The molecule has 0 heterocycles. The number of rotatable bonds is 9. The number of aliphatic hydroxyl groups is 1. The molecule has 1 aromatic carbocycles. The van der Waals surface area contributed by atoms with E-state index in [1.165, 1.54) is 13.0 Å². The Balaban J connectivity index is 3.02. The summed E-state index contributed by atoms with van der Waals surface area (Å²) < 4.78 is 32.6. The number of hydrogen-bond donors (Lipinski definition) is 1. The number of halogens is 2. The summed E-state index contributed by atoms with van der Waals surface area (Å²) in [5.41, 5.74) is 0.848. The number of esters is 1. The van der Waals surface area contributed by atoms with Crippen molar-refractivity contribution >= 4 is 12.0 Å². The van der Waals surface area contributed by atoms with Crippen LogP contribution in [0.2, 0.25) is 0 Å². The standard InChI is InChI=1S/C18H24F2O3/c1-3-5-7-12-15(13-14-10-8-6-9-11-14)16(21)18(19,20)17(22)23-4-2/h6,8-11,13,16,21H,3-5,7,12H2,1-2H3/b15-13+. The lowest BCUT2D eigenvalue weighted by molar-refractivity contribution is -0.184. The van der Waals surface area contributed by atoms with Crippen molar-refractivity contribution in [2.75, 3.05) is 6.61 Å². The highest BCUT2D eigenvalue weighted by atomic mass is 19.3. The van der Waals surface area contributed by atoms with E-state index < -0.39 is 18.0 Å². The van der Waals surface area contributed by atoms with Crippen LogP contribution < -0.4 is 0 Å². The summed E-state index contributed by atoms with van der Waals surface area (Å²) in [6, 6.07) is 8.90. The van der Waals surface area contributed by atoms with Crippen LogP contribution in [0.5, 0.6) is 0 Å². The Bertz CT molecular complexity index is 512. The van der Waals surface area contributed by atoms with E-state index in [0.717, 1.165) is 12.8 Å². The highest BCUT2D eigenvalue weighted by Gasteiger charge is 2.49. The van der Waals surface area contributed by atoms with Gasteiger partial charge in [0, 0.05) is 0 Å². The molecular formula is C18H24F2O3. The predicted octanol–water partition coefficient (Wildman–Crippen LogP) is 4.21. The number of aliphatic hydroxyl groups excluding tert-OH is 1. The molecule has 5 heteroatoms. The third kappa shape index (κ3) is 5.75. The van der Waals surface area contributed by atoms with Crippen LogP contribution >= 0.6 is 0 Å². The zero-order chi connectivity index (χ0) is 17.3. The lowest BCUT2D eigenvalue weighted by Gasteiger charge is -2.23. The third-order valence-electron chi connectivity index (χ3n) is 3.46. The fourth-order valence-corrected chi connectivity index (χ4v) is 2.20. The van der Waals surface area contributed by atoms with Gasteiger partial charge in [-0.15, -0.1) is 0 Å². The van der Waals surface area contributed by atoms with Crippen LogP contribution in [0.4, 0.5) is 8.78 Å². The SMILES string of the molecule is CCCCC/C(=C\c1ccccc1)C(O)C(F)(F)C(=O)OCC. The zero-order valence-corrected chi connectivity index (χ0v) is 13.6. The predicted molar refractivity (Wildman–Crippen MR) is 86.1 cm³/mol. The average molecular weight is 326 g/mol. The molecule has 0 aliphatic heterocycles. The van der Waals surface area contributed by atoms with Gasteiger partial charge in [0.25, 0.3) is 0 Å². The molecule has 0 aliphatic rings. The first-order valence-corrected chi connectivity index (χ1v) is 7.92. The number of unbranched alkanes of at least 4 members (excludes halogenated alkanes) is 2. The van der Waals surface area contributed by atoms with E-state index in [1.807, 2.05) is 13.0 Å². The molecule has 0 aromatic heterocycles. The summed E-state index contributed by atoms with van der Waals surface area (Å²) in [6.45, 7) is 3.29. The van der Waals surface area contributed by atoms with Gasteiger partial charge in [-0.3, -0.25) is 0 Å². The van der Waals surface area contributed by atoms with Gasteiger partial charge in [-0.1, -0.05) is 56.2 Å². The number of carbonyl (C=O) groups is 1. The monoisotopic (exact) mass is 326 g/mol. The molecule has 1 rings (SSSR count). The van der Waals surface area contributed by atoms with Crippen molar-refractivity contribution in [2.45, 2.75) is 51.6 Å². The van der Waals surface area contributed by atoms with Gasteiger partial charge in [0.2, 0.25) is 0 Å². The van der Waals surface area contributed by atoms with Crippen molar-refractivity contribution in [1.82, 2.24) is 0 Å². The topological polar surface area (TPSA) is 46.5 Å². The van der Waals surface area contributed by atoms with Gasteiger partial charge in [-0.2, -0.15) is 8.78 Å². The van der Waals surface area contributed by atoms with Gasteiger partial charge in [-0.05, 0) is 30.9 Å². The maximum Gasteiger partial charge on any atom is 0.380 e. The second kappa shape index (κ2) is 9.40. The summed E-state index contributed by atoms with van der Waals surface area (Å²) in [7, 11) is 0. The Morgan fingerprint density at radius 1 is 1.26 bits per heavy atom. The largest absolute Gasteiger partial charge is 0.461 e. The molecule has 3 nitrogen and oxygen atoms in total. The molecule has 0 saturated carbocycles. The van der Waals surface area contributed by atoms with E-state index in [2.05, 4.69) is 4.74 Å². The van der Waals surface area contributed by atoms with E-state index >= 15 is 0 Å². The number of benzene rings is 1. The summed E-state index contributed by atoms with van der Waals surface area (Å²) in [6.07, 6.45) is 2.11. The minimum Gasteiger partial charge on any atom is -0.461 e. The molecule has 0 radical (unpaired) electrons. The van der Waals surface area contributed by atoms with E-state index in [9.17, 15) is 18.7 Å². The summed E-state index contributed by atoms with van der Waals surface area (Å²) in [5, 5.41) is 10.1. The van der Waals surface area contributed by atoms with Crippen LogP contribution in [0, 0.1) is 0 Å². The van der Waals surface area contributed by atoms with Crippen molar-refractivity contribution in [1.29, 1.82) is 0 Å². The summed E-state index contributed by atoms with van der Waals surface area (Å²) in [5.74, 6) is -5.65. The van der Waals surface area contributed by atoms with Gasteiger partial charge >= 0.3 is 11.9 Å². The van der Waals surface area contributed by atoms with Gasteiger partial charge in [-0.25, -0.2) is 4.79 Å². The van der Waals surface area contributed by atoms with Crippen LogP contribution in [-0.4, -0.2) is 29.7 Å². The quantitative estimate of drug-likeness (QED) is 0.546. The van der Waals surface area contributed by atoms with Crippen molar-refractivity contribution in [2.24, 2.45) is 0 Å². The summed E-state index contributed by atoms with van der Waals surface area (Å²) >= 11 is 0. The Labute approximate surface area is 136 Å². The fourth-order valence-electron chi connectivity index (χ4n) is 2.20. The molecule has 0 saturated heterocycles. The van der Waals surface area contributed by atoms with E-state index in [0.29, 0.717) is 18.4 Å². The molecule has 0 aliphatic carbocycles. The van der Waals surface area contributed by atoms with Crippen molar-refractivity contribution in [3.63, 3.8) is 0 Å². The molecule has 0 amide bonds. The molecule has 1 atom stereocenters. The lowest BCUT2D eigenvalue weighted by atomic mass is 9.95. The van der Waals surface area contributed by atoms with E-state index in [4.69, 9.17) is 0 Å². The highest BCUT2D eigenvalue weighted by Crippen LogP contribution is 2.30. The first-order chi connectivity index (χ1) is 10.9. The zero-order valence-electron chi connectivity index (χ0n) is 13.6. The Hall–Kier alpha value is -1.75. The summed E-state index contributed by atoms with van der Waals surface area (Å²) in [4.78, 5) is 11.4. The third-order valence-corrected chi connectivity index (χ3v) is 3.46. The van der Waals surface area contributed by atoms with E-state index in [1.54, 1.807) is 24.3 Å². The highest BCUT2D eigenvalue weighted by molar-refractivity contribution is 5.79. The fraction of sp³-hybridized carbons (Fsp3) is 0.500. The minimum absolute atomic E-state index is 0.141. The van der Waals surface area contributed by atoms with Crippen LogP contribution in [-0.2, 0) is 9.53 Å². The minimum atomic E-state index is -3.96. The second-order valence-corrected chi connectivity index (χ2v) is 5.33. The molecule has 0 fully saturated rings. The van der Waals surface area contributed by atoms with Crippen molar-refractivity contribution < 1.29 is 23.4 Å². The number of hydrogen-bond acceptors (Lipinski definition) is 3. The average Bonchev–Trinajstić information content (AvgIpc) is 2.54. The number of carbonyl (C=O) groups excluding carboxylic acids is 1. The lowest BCUT2D eigenvalue weighted by Crippen LogP contribution is -2.43. The Morgan fingerprint density at radius 2 is 1.91 bits per heavy atom. The molecule has 23 heavy (non-hydrogen) atoms. The normalized spacial score (nSPS) is 13.7. The van der Waals surface area contributed by atoms with Crippen LogP contribution in [0.15, 0.2) is 35.9 Å². The molecule has 0 bridgehead atoms. The van der Waals surface area contributed by atoms with Gasteiger partial charge < -0.3 is 9.84 Å². The first-order valence-electron chi connectivity index (χ1n) is 7.92. The number of alkyl halides is 2. The van der Waals surface area contributed by atoms with Crippen molar-refractivity contribution in [3.05, 3.63) is 41.5 Å². The van der Waals surface area contributed by atoms with Gasteiger partial charge in [0.05, 0.1) is 6.61 Å². The van der Waals surface area contributed by atoms with Crippen LogP contribution in [0.3, 0.4) is 0 Å². The maximum absolute atomic E-state index is 14.1. The van der Waals surface area contributed by atoms with Gasteiger partial charge in [0.1, 0.15) is 0 Å². The van der Waals surface area contributed by atoms with Gasteiger partial charge in [0.15, 0.2) is 6.10 Å². The van der Waals surface area contributed by atoms with Crippen molar-refractivity contribution in [3.8, 4) is 0 Å². The molecule has 0 spiro atoms. The Kier molecular flexibility index (Phi) is 7.89. The van der Waals surface area contributed by atoms with Crippen LogP contribution in [0.1, 0.15) is 45.1 Å². The molecule has 1 unspecified atom stereocenters. The molecular weight excluding hydrogens is 302 g/mol. The first kappa shape index (κ1) is 19.3. The Morgan fingerprint density at radius 3 is 2.48 bits per heavy atom.